The van der Waals surface area contributed by atoms with E-state index < -0.39 is 0 Å². The number of benzene rings is 1. The second-order valence-electron chi connectivity index (χ2n) is 8.07. The molecule has 1 spiro atoms. The summed E-state index contributed by atoms with van der Waals surface area (Å²) in [6.07, 6.45) is 1.46. The highest BCUT2D eigenvalue weighted by atomic mass is 16.2. The second kappa shape index (κ2) is 6.79. The Morgan fingerprint density at radius 1 is 1.24 bits per heavy atom. The van der Waals surface area contributed by atoms with Crippen molar-refractivity contribution in [2.24, 2.45) is 5.41 Å². The van der Waals surface area contributed by atoms with Crippen molar-refractivity contribution in [1.29, 1.82) is 0 Å². The van der Waals surface area contributed by atoms with Gasteiger partial charge in [-0.3, -0.25) is 14.5 Å². The highest BCUT2D eigenvalue weighted by molar-refractivity contribution is 5.96. The molecule has 0 radical (unpaired) electrons. The first-order chi connectivity index (χ1) is 11.8. The average molecular weight is 343 g/mol. The molecule has 0 unspecified atom stereocenters. The maximum atomic E-state index is 12.6. The van der Waals surface area contributed by atoms with Gasteiger partial charge in [0.15, 0.2) is 0 Å². The zero-order valence-corrected chi connectivity index (χ0v) is 15.8. The molecule has 3 rings (SSSR count). The van der Waals surface area contributed by atoms with Crippen LogP contribution < -0.4 is 4.90 Å². The fraction of sp³-hybridized carbons (Fsp3) is 0.600. The number of rotatable bonds is 4. The monoisotopic (exact) mass is 343 g/mol. The lowest BCUT2D eigenvalue weighted by Gasteiger charge is -2.26. The molecule has 1 aromatic rings. The number of carbonyl (C=O) groups excluding carboxylic acids is 2. The van der Waals surface area contributed by atoms with Gasteiger partial charge in [0.05, 0.1) is 6.54 Å². The van der Waals surface area contributed by atoms with Crippen LogP contribution in [-0.2, 0) is 9.59 Å². The molecule has 0 N–H and O–H groups in total. The van der Waals surface area contributed by atoms with E-state index in [1.165, 1.54) is 5.56 Å². The zero-order valence-electron chi connectivity index (χ0n) is 15.8. The smallest absolute Gasteiger partial charge is 0.236 e. The molecule has 5 nitrogen and oxygen atoms in total. The van der Waals surface area contributed by atoms with Crippen LogP contribution in [0.4, 0.5) is 5.69 Å². The third kappa shape index (κ3) is 3.71. The molecule has 2 fully saturated rings. The zero-order chi connectivity index (χ0) is 18.2. The van der Waals surface area contributed by atoms with Crippen LogP contribution in [0, 0.1) is 12.3 Å². The van der Waals surface area contributed by atoms with Crippen LogP contribution in [0.15, 0.2) is 24.3 Å². The summed E-state index contributed by atoms with van der Waals surface area (Å²) in [5.41, 5.74) is 2.09. The third-order valence-corrected chi connectivity index (χ3v) is 5.72. The van der Waals surface area contributed by atoms with Crippen molar-refractivity contribution in [3.05, 3.63) is 29.8 Å². The van der Waals surface area contributed by atoms with Crippen molar-refractivity contribution in [3.8, 4) is 0 Å². The van der Waals surface area contributed by atoms with Gasteiger partial charge in [-0.15, -0.1) is 0 Å². The van der Waals surface area contributed by atoms with Crippen LogP contribution >= 0.6 is 0 Å². The van der Waals surface area contributed by atoms with Crippen LogP contribution in [0.2, 0.25) is 0 Å². The van der Waals surface area contributed by atoms with Crippen LogP contribution in [0.1, 0.15) is 32.3 Å². The summed E-state index contributed by atoms with van der Waals surface area (Å²) in [6, 6.07) is 8.47. The van der Waals surface area contributed by atoms with Crippen molar-refractivity contribution >= 4 is 17.5 Å². The summed E-state index contributed by atoms with van der Waals surface area (Å²) in [7, 11) is 1.98. The Balaban J connectivity index is 1.65. The largest absolute Gasteiger partial charge is 0.341 e. The number of aryl methyl sites for hydroxylation is 1. The number of amides is 2. The summed E-state index contributed by atoms with van der Waals surface area (Å²) in [6.45, 7) is 8.86. The predicted octanol–water partition coefficient (Wildman–Crippen LogP) is 2.29. The first-order valence-electron chi connectivity index (χ1n) is 9.15. The Morgan fingerprint density at radius 3 is 2.56 bits per heavy atom. The van der Waals surface area contributed by atoms with E-state index in [-0.39, 0.29) is 17.2 Å². The van der Waals surface area contributed by atoms with E-state index in [1.807, 2.05) is 48.0 Å². The Bertz CT molecular complexity index is 655. The quantitative estimate of drug-likeness (QED) is 0.842. The second-order valence-corrected chi connectivity index (χ2v) is 8.07. The van der Waals surface area contributed by atoms with Gasteiger partial charge in [0.2, 0.25) is 11.8 Å². The molecule has 2 aliphatic heterocycles. The number of likely N-dealkylation sites (N-methyl/N-ethyl adjacent to an activating group) is 1. The van der Waals surface area contributed by atoms with Gasteiger partial charge in [-0.1, -0.05) is 17.7 Å². The molecule has 0 aromatic heterocycles. The van der Waals surface area contributed by atoms with Gasteiger partial charge >= 0.3 is 0 Å². The lowest BCUT2D eigenvalue weighted by molar-refractivity contribution is -0.132. The van der Waals surface area contributed by atoms with Crippen molar-refractivity contribution in [3.63, 3.8) is 0 Å². The van der Waals surface area contributed by atoms with Crippen LogP contribution in [0.3, 0.4) is 0 Å². The van der Waals surface area contributed by atoms with Gasteiger partial charge in [0.25, 0.3) is 0 Å². The molecular formula is C20H29N3O2. The highest BCUT2D eigenvalue weighted by Crippen LogP contribution is 2.41. The molecule has 2 heterocycles. The van der Waals surface area contributed by atoms with E-state index in [2.05, 4.69) is 18.7 Å². The predicted molar refractivity (Wildman–Crippen MR) is 99.5 cm³/mol. The molecule has 2 amide bonds. The minimum absolute atomic E-state index is 0.0754. The number of hydrogen-bond donors (Lipinski definition) is 0. The van der Waals surface area contributed by atoms with Crippen LogP contribution in [-0.4, -0.2) is 60.9 Å². The van der Waals surface area contributed by atoms with E-state index >= 15 is 0 Å². The first kappa shape index (κ1) is 17.9. The normalized spacial score (nSPS) is 23.5. The van der Waals surface area contributed by atoms with Crippen molar-refractivity contribution in [1.82, 2.24) is 9.80 Å². The van der Waals surface area contributed by atoms with Crippen LogP contribution in [0.25, 0.3) is 0 Å². The van der Waals surface area contributed by atoms with E-state index in [0.29, 0.717) is 25.6 Å². The topological polar surface area (TPSA) is 43.9 Å². The Hall–Kier alpha value is -1.88. The summed E-state index contributed by atoms with van der Waals surface area (Å²) >= 11 is 0. The SMILES string of the molecule is Cc1ccc(N2C[C@]3(CCN(C(=O)CN(C)C(C)C)C3)CC2=O)cc1. The van der Waals surface area contributed by atoms with Gasteiger partial charge in [0, 0.05) is 43.2 Å². The van der Waals surface area contributed by atoms with Crippen molar-refractivity contribution in [2.45, 2.75) is 39.7 Å². The van der Waals surface area contributed by atoms with Gasteiger partial charge in [-0.05, 0) is 46.4 Å². The molecule has 1 aromatic carbocycles. The Morgan fingerprint density at radius 2 is 1.92 bits per heavy atom. The Labute approximate surface area is 150 Å². The lowest BCUT2D eigenvalue weighted by atomic mass is 9.86. The summed E-state index contributed by atoms with van der Waals surface area (Å²) in [4.78, 5) is 31.0. The average Bonchev–Trinajstić information content (AvgIpc) is 3.11. The number of hydrogen-bond acceptors (Lipinski definition) is 3. The molecule has 0 bridgehead atoms. The molecule has 5 heteroatoms. The Kier molecular flexibility index (Phi) is 4.87. The molecule has 136 valence electrons. The molecule has 25 heavy (non-hydrogen) atoms. The highest BCUT2D eigenvalue weighted by Gasteiger charge is 2.48. The molecule has 0 saturated carbocycles. The third-order valence-electron chi connectivity index (χ3n) is 5.72. The maximum absolute atomic E-state index is 12.6. The fourth-order valence-electron chi connectivity index (χ4n) is 3.77. The lowest BCUT2D eigenvalue weighted by Crippen LogP contribution is -2.41. The number of likely N-dealkylation sites (tertiary alicyclic amines) is 1. The molecule has 1 atom stereocenters. The van der Waals surface area contributed by atoms with Gasteiger partial charge in [-0.25, -0.2) is 0 Å². The molecule has 2 saturated heterocycles. The number of carbonyl (C=O) groups is 2. The summed E-state index contributed by atoms with van der Waals surface area (Å²) < 4.78 is 0. The van der Waals surface area contributed by atoms with Crippen LogP contribution in [0.5, 0.6) is 0 Å². The molecule has 2 aliphatic rings. The fourth-order valence-corrected chi connectivity index (χ4v) is 3.77. The van der Waals surface area contributed by atoms with Gasteiger partial charge in [-0.2, -0.15) is 0 Å². The summed E-state index contributed by atoms with van der Waals surface area (Å²) in [5, 5.41) is 0. The minimum atomic E-state index is -0.0754. The number of nitrogens with zero attached hydrogens (tertiary/aromatic N) is 3. The molecular weight excluding hydrogens is 314 g/mol. The minimum Gasteiger partial charge on any atom is -0.341 e. The number of anilines is 1. The van der Waals surface area contributed by atoms with Crippen molar-refractivity contribution in [2.75, 3.05) is 38.1 Å². The standard InChI is InChI=1S/C20H29N3O2/c1-15(2)21(4)12-19(25)22-10-9-20(13-22)11-18(24)23(14-20)17-7-5-16(3)6-8-17/h5-8,15H,9-14H2,1-4H3/t20-/m1/s1. The van der Waals surface area contributed by atoms with E-state index in [4.69, 9.17) is 0 Å². The molecule has 0 aliphatic carbocycles. The first-order valence-corrected chi connectivity index (χ1v) is 9.15. The summed E-state index contributed by atoms with van der Waals surface area (Å²) in [5.74, 6) is 0.353. The van der Waals surface area contributed by atoms with E-state index in [9.17, 15) is 9.59 Å². The van der Waals surface area contributed by atoms with Crippen molar-refractivity contribution < 1.29 is 9.59 Å². The van der Waals surface area contributed by atoms with Gasteiger partial charge < -0.3 is 9.80 Å². The maximum Gasteiger partial charge on any atom is 0.236 e. The van der Waals surface area contributed by atoms with Gasteiger partial charge in [0.1, 0.15) is 0 Å². The van der Waals surface area contributed by atoms with E-state index in [0.717, 1.165) is 25.2 Å². The van der Waals surface area contributed by atoms with E-state index in [1.54, 1.807) is 0 Å².